The Morgan fingerprint density at radius 1 is 1.29 bits per heavy atom. The molecule has 1 aromatic rings. The second-order valence-corrected chi connectivity index (χ2v) is 4.52. The van der Waals surface area contributed by atoms with Gasteiger partial charge in [0, 0.05) is 0 Å². The van der Waals surface area contributed by atoms with Gasteiger partial charge in [0.25, 0.3) is 0 Å². The van der Waals surface area contributed by atoms with Crippen LogP contribution in [0, 0.1) is 12.8 Å². The van der Waals surface area contributed by atoms with E-state index in [0.717, 1.165) is 11.1 Å². The number of aliphatic carboxylic acids is 1. The lowest BCUT2D eigenvalue weighted by molar-refractivity contribution is -0.130. The van der Waals surface area contributed by atoms with E-state index in [2.05, 4.69) is 0 Å². The zero-order valence-electron chi connectivity index (χ0n) is 10.6. The molecule has 17 heavy (non-hydrogen) atoms. The molecular weight excluding hydrogens is 216 g/mol. The van der Waals surface area contributed by atoms with Crippen LogP contribution < -0.4 is 0 Å². The molecule has 0 fully saturated rings. The highest BCUT2D eigenvalue weighted by Crippen LogP contribution is 2.28. The van der Waals surface area contributed by atoms with E-state index in [9.17, 15) is 15.0 Å². The summed E-state index contributed by atoms with van der Waals surface area (Å²) in [5.74, 6) is -0.600. The number of hydrogen-bond donors (Lipinski definition) is 2. The third-order valence-corrected chi connectivity index (χ3v) is 2.95. The van der Waals surface area contributed by atoms with Crippen LogP contribution in [0.15, 0.2) is 23.8 Å². The molecule has 92 valence electrons. The summed E-state index contributed by atoms with van der Waals surface area (Å²) in [6.07, 6.45) is 0. The van der Waals surface area contributed by atoms with Gasteiger partial charge in [-0.1, -0.05) is 25.5 Å². The van der Waals surface area contributed by atoms with Crippen molar-refractivity contribution in [3.63, 3.8) is 0 Å². The molecule has 3 heteroatoms. The smallest absolute Gasteiger partial charge is 0.336 e. The number of phenols is 1. The summed E-state index contributed by atoms with van der Waals surface area (Å²) in [6.45, 7) is 7.56. The quantitative estimate of drug-likeness (QED) is 0.789. The highest BCUT2D eigenvalue weighted by molar-refractivity contribution is 6.16. The van der Waals surface area contributed by atoms with Crippen LogP contribution in [-0.4, -0.2) is 16.2 Å². The average molecular weight is 234 g/mol. The van der Waals surface area contributed by atoms with Crippen molar-refractivity contribution >= 4 is 11.5 Å². The van der Waals surface area contributed by atoms with Crippen molar-refractivity contribution in [2.75, 3.05) is 0 Å². The topological polar surface area (TPSA) is 57.5 Å². The van der Waals surface area contributed by atoms with Crippen molar-refractivity contribution in [2.24, 2.45) is 5.92 Å². The average Bonchev–Trinajstić information content (AvgIpc) is 2.20. The maximum absolute atomic E-state index is 11.4. The lowest BCUT2D eigenvalue weighted by Gasteiger charge is -2.14. The molecule has 0 heterocycles. The lowest BCUT2D eigenvalue weighted by atomic mass is 9.91. The fourth-order valence-electron chi connectivity index (χ4n) is 1.71. The highest BCUT2D eigenvalue weighted by atomic mass is 16.4. The van der Waals surface area contributed by atoms with Crippen LogP contribution in [0.1, 0.15) is 31.9 Å². The van der Waals surface area contributed by atoms with Crippen LogP contribution in [0.3, 0.4) is 0 Å². The third kappa shape index (κ3) is 2.87. The molecule has 3 nitrogen and oxygen atoms in total. The fourth-order valence-corrected chi connectivity index (χ4v) is 1.71. The number of carboxylic acids is 1. The van der Waals surface area contributed by atoms with E-state index in [-0.39, 0.29) is 11.7 Å². The molecule has 2 N–H and O–H groups in total. The molecule has 1 rings (SSSR count). The van der Waals surface area contributed by atoms with Gasteiger partial charge in [-0.25, -0.2) is 4.79 Å². The summed E-state index contributed by atoms with van der Waals surface area (Å²) in [5.41, 5.74) is 2.60. The zero-order valence-corrected chi connectivity index (χ0v) is 10.6. The second-order valence-electron chi connectivity index (χ2n) is 4.52. The van der Waals surface area contributed by atoms with Crippen LogP contribution in [0.4, 0.5) is 0 Å². The van der Waals surface area contributed by atoms with Gasteiger partial charge in [-0.3, -0.25) is 0 Å². The number of benzene rings is 1. The molecule has 0 aromatic heterocycles. The minimum Gasteiger partial charge on any atom is -0.508 e. The maximum atomic E-state index is 11.4. The number of allylic oxidation sites excluding steroid dienone is 1. The SMILES string of the molecule is C/C(=C(/C(=O)O)c1ccc(O)cc1C)C(C)C. The van der Waals surface area contributed by atoms with Crippen LogP contribution in [-0.2, 0) is 4.79 Å². The number of carbonyl (C=O) groups is 1. The van der Waals surface area contributed by atoms with E-state index in [1.807, 2.05) is 20.8 Å². The first kappa shape index (κ1) is 13.3. The maximum Gasteiger partial charge on any atom is 0.336 e. The Kier molecular flexibility index (Phi) is 3.94. The van der Waals surface area contributed by atoms with Gasteiger partial charge in [-0.15, -0.1) is 0 Å². The molecule has 0 spiro atoms. The number of rotatable bonds is 3. The molecule has 0 saturated carbocycles. The van der Waals surface area contributed by atoms with Crippen molar-refractivity contribution < 1.29 is 15.0 Å². The number of hydrogen-bond acceptors (Lipinski definition) is 2. The molecule has 0 unspecified atom stereocenters. The molecule has 0 radical (unpaired) electrons. The second kappa shape index (κ2) is 5.04. The Labute approximate surface area is 101 Å². The predicted molar refractivity (Wildman–Crippen MR) is 67.9 cm³/mol. The van der Waals surface area contributed by atoms with Crippen LogP contribution in [0.2, 0.25) is 0 Å². The van der Waals surface area contributed by atoms with Crippen molar-refractivity contribution in [3.05, 3.63) is 34.9 Å². The van der Waals surface area contributed by atoms with Crippen LogP contribution in [0.5, 0.6) is 5.75 Å². The van der Waals surface area contributed by atoms with Crippen LogP contribution >= 0.6 is 0 Å². The van der Waals surface area contributed by atoms with Crippen molar-refractivity contribution in [2.45, 2.75) is 27.7 Å². The molecule has 0 bridgehead atoms. The minimum absolute atomic E-state index is 0.151. The fraction of sp³-hybridized carbons (Fsp3) is 0.357. The summed E-state index contributed by atoms with van der Waals surface area (Å²) in [5, 5.41) is 18.7. The van der Waals surface area contributed by atoms with Gasteiger partial charge in [0.15, 0.2) is 0 Å². The molecule has 0 aliphatic carbocycles. The zero-order chi connectivity index (χ0) is 13.2. The lowest BCUT2D eigenvalue weighted by Crippen LogP contribution is -2.07. The Morgan fingerprint density at radius 2 is 1.88 bits per heavy atom. The van der Waals surface area contributed by atoms with E-state index in [1.165, 1.54) is 6.07 Å². The van der Waals surface area contributed by atoms with Gasteiger partial charge in [-0.2, -0.15) is 0 Å². The number of phenolic OH excluding ortho intramolecular Hbond substituents is 1. The van der Waals surface area contributed by atoms with Gasteiger partial charge >= 0.3 is 5.97 Å². The monoisotopic (exact) mass is 234 g/mol. The Balaban J connectivity index is 3.45. The normalized spacial score (nSPS) is 12.5. The first-order valence-electron chi connectivity index (χ1n) is 5.58. The Morgan fingerprint density at radius 3 is 2.29 bits per heavy atom. The first-order chi connectivity index (χ1) is 7.84. The summed E-state index contributed by atoms with van der Waals surface area (Å²) < 4.78 is 0. The van der Waals surface area contributed by atoms with Crippen molar-refractivity contribution in [3.8, 4) is 5.75 Å². The summed E-state index contributed by atoms with van der Waals surface area (Å²) >= 11 is 0. The van der Waals surface area contributed by atoms with E-state index >= 15 is 0 Å². The minimum atomic E-state index is -0.926. The van der Waals surface area contributed by atoms with Crippen LogP contribution in [0.25, 0.3) is 5.57 Å². The predicted octanol–water partition coefficient (Wildman–Crippen LogP) is 3.21. The summed E-state index contributed by atoms with van der Waals surface area (Å²) in [4.78, 5) is 11.4. The van der Waals surface area contributed by atoms with E-state index < -0.39 is 5.97 Å². The van der Waals surface area contributed by atoms with Gasteiger partial charge in [0.2, 0.25) is 0 Å². The molecule has 0 amide bonds. The van der Waals surface area contributed by atoms with Gasteiger partial charge in [0.05, 0.1) is 5.57 Å². The van der Waals surface area contributed by atoms with Gasteiger partial charge < -0.3 is 10.2 Å². The Bertz CT molecular complexity index is 470. The van der Waals surface area contributed by atoms with Crippen molar-refractivity contribution in [1.29, 1.82) is 0 Å². The molecule has 0 aliphatic heterocycles. The molecule has 0 saturated heterocycles. The first-order valence-corrected chi connectivity index (χ1v) is 5.58. The van der Waals surface area contributed by atoms with E-state index in [1.54, 1.807) is 19.1 Å². The number of aryl methyl sites for hydroxylation is 1. The molecule has 0 atom stereocenters. The number of carboxylic acid groups (broad SMARTS) is 1. The molecular formula is C14H18O3. The highest BCUT2D eigenvalue weighted by Gasteiger charge is 2.17. The van der Waals surface area contributed by atoms with Crippen molar-refractivity contribution in [1.82, 2.24) is 0 Å². The summed E-state index contributed by atoms with van der Waals surface area (Å²) in [6, 6.07) is 4.74. The van der Waals surface area contributed by atoms with E-state index in [0.29, 0.717) is 11.1 Å². The van der Waals surface area contributed by atoms with E-state index in [4.69, 9.17) is 0 Å². The summed E-state index contributed by atoms with van der Waals surface area (Å²) in [7, 11) is 0. The molecule has 1 aromatic carbocycles. The van der Waals surface area contributed by atoms with Gasteiger partial charge in [0.1, 0.15) is 5.75 Å². The molecule has 0 aliphatic rings. The number of aromatic hydroxyl groups is 1. The third-order valence-electron chi connectivity index (χ3n) is 2.95. The Hall–Kier alpha value is -1.77. The van der Waals surface area contributed by atoms with Gasteiger partial charge in [-0.05, 0) is 43.0 Å². The standard InChI is InChI=1S/C14H18O3/c1-8(2)10(4)13(14(16)17)12-6-5-11(15)7-9(12)3/h5-8,15H,1-4H3,(H,16,17)/b13-10-. The largest absolute Gasteiger partial charge is 0.508 e.